The van der Waals surface area contributed by atoms with E-state index in [0.29, 0.717) is 17.9 Å². The van der Waals surface area contributed by atoms with E-state index in [2.05, 4.69) is 17.2 Å². The quantitative estimate of drug-likeness (QED) is 0.940. The van der Waals surface area contributed by atoms with Gasteiger partial charge in [-0.25, -0.2) is 4.98 Å². The third kappa shape index (κ3) is 2.04. The number of hydrogen-bond donors (Lipinski definition) is 1. The zero-order valence-corrected chi connectivity index (χ0v) is 13.9. The first-order chi connectivity index (χ1) is 10.9. The lowest BCUT2D eigenvalue weighted by atomic mass is 9.62. The van der Waals surface area contributed by atoms with Gasteiger partial charge in [-0.05, 0) is 33.6 Å². The number of pyridine rings is 1. The number of ether oxygens (including phenoxy) is 2. The average Bonchev–Trinajstić information content (AvgIpc) is 3.11. The highest BCUT2D eigenvalue weighted by Gasteiger charge is 2.61. The van der Waals surface area contributed by atoms with Crippen LogP contribution in [-0.4, -0.2) is 34.7 Å². The summed E-state index contributed by atoms with van der Waals surface area (Å²) in [6.45, 7) is 6.56. The van der Waals surface area contributed by atoms with E-state index >= 15 is 0 Å². The molecule has 0 unspecified atom stereocenters. The van der Waals surface area contributed by atoms with Crippen molar-refractivity contribution in [1.29, 1.82) is 0 Å². The Morgan fingerprint density at radius 1 is 1.39 bits per heavy atom. The number of hydrogen-bond acceptors (Lipinski definition) is 4. The fourth-order valence-electron chi connectivity index (χ4n) is 4.01. The predicted octanol–water partition coefficient (Wildman–Crippen LogP) is 3.12. The molecule has 0 amide bonds. The molecule has 3 fully saturated rings. The van der Waals surface area contributed by atoms with Crippen LogP contribution in [0.3, 0.4) is 0 Å². The van der Waals surface area contributed by atoms with Crippen molar-refractivity contribution in [3.63, 3.8) is 0 Å². The topological polar surface area (TPSA) is 47.8 Å². The van der Waals surface area contributed by atoms with Gasteiger partial charge in [-0.2, -0.15) is 4.39 Å². The summed E-state index contributed by atoms with van der Waals surface area (Å²) in [5, 5.41) is 3.00. The fourth-order valence-corrected chi connectivity index (χ4v) is 4.01. The van der Waals surface area contributed by atoms with Crippen molar-refractivity contribution in [3.8, 4) is 5.75 Å². The maximum Gasteiger partial charge on any atom is 0.210 e. The van der Waals surface area contributed by atoms with Gasteiger partial charge in [-0.15, -0.1) is 0 Å². The molecule has 0 aromatic carbocycles. The zero-order valence-electron chi connectivity index (χ0n) is 13.9. The molecule has 2 aliphatic heterocycles. The third-order valence-corrected chi connectivity index (χ3v) is 4.93. The smallest absolute Gasteiger partial charge is 0.210 e. The predicted molar refractivity (Wildman–Crippen MR) is 85.7 cm³/mol. The summed E-state index contributed by atoms with van der Waals surface area (Å²) in [4.78, 5) is 4.58. The Morgan fingerprint density at radius 3 is 2.70 bits per heavy atom. The van der Waals surface area contributed by atoms with E-state index in [4.69, 9.17) is 9.47 Å². The molecule has 4 heterocycles. The molecule has 5 nitrogen and oxygen atoms in total. The zero-order chi connectivity index (χ0) is 16.4. The highest BCUT2D eigenvalue weighted by atomic mass is 19.1. The minimum absolute atomic E-state index is 0.0175. The van der Waals surface area contributed by atoms with Crippen molar-refractivity contribution < 1.29 is 13.9 Å². The molecule has 1 N–H and O–H groups in total. The number of imidazole rings is 1. The van der Waals surface area contributed by atoms with E-state index < -0.39 is 5.82 Å². The van der Waals surface area contributed by atoms with Gasteiger partial charge in [0.05, 0.1) is 29.7 Å². The molecule has 6 heteroatoms. The normalized spacial score (nSPS) is 29.1. The van der Waals surface area contributed by atoms with Crippen LogP contribution in [0, 0.1) is 5.82 Å². The van der Waals surface area contributed by atoms with Gasteiger partial charge in [0.25, 0.3) is 0 Å². The molecule has 2 bridgehead atoms. The Morgan fingerprint density at radius 2 is 2.13 bits per heavy atom. The summed E-state index contributed by atoms with van der Waals surface area (Å²) in [7, 11) is 1.76. The number of rotatable bonds is 4. The molecule has 0 spiro atoms. The minimum atomic E-state index is -0.422. The van der Waals surface area contributed by atoms with E-state index in [9.17, 15) is 4.39 Å². The number of nitrogens with one attached hydrogen (secondary N) is 1. The molecule has 124 valence electrons. The van der Waals surface area contributed by atoms with E-state index in [-0.39, 0.29) is 22.9 Å². The minimum Gasteiger partial charge on any atom is -0.486 e. The first-order valence-electron chi connectivity index (χ1n) is 8.06. The number of aromatic nitrogens is 2. The second-order valence-corrected chi connectivity index (χ2v) is 7.33. The third-order valence-electron chi connectivity index (χ3n) is 4.93. The van der Waals surface area contributed by atoms with Crippen LogP contribution in [-0.2, 0) is 10.2 Å². The van der Waals surface area contributed by atoms with Crippen molar-refractivity contribution in [3.05, 3.63) is 23.9 Å². The van der Waals surface area contributed by atoms with Gasteiger partial charge in [0.2, 0.25) is 5.82 Å². The Kier molecular flexibility index (Phi) is 2.95. The number of anilines is 1. The van der Waals surface area contributed by atoms with E-state index in [0.717, 1.165) is 18.5 Å². The summed E-state index contributed by atoms with van der Waals surface area (Å²) >= 11 is 0. The second-order valence-electron chi connectivity index (χ2n) is 7.33. The average molecular weight is 319 g/mol. The van der Waals surface area contributed by atoms with Gasteiger partial charge in [0.15, 0.2) is 11.4 Å². The molecule has 2 aromatic heterocycles. The van der Waals surface area contributed by atoms with Crippen molar-refractivity contribution >= 4 is 11.3 Å². The van der Waals surface area contributed by atoms with Gasteiger partial charge < -0.3 is 19.2 Å². The summed E-state index contributed by atoms with van der Waals surface area (Å²) < 4.78 is 28.1. The van der Waals surface area contributed by atoms with Crippen molar-refractivity contribution in [2.24, 2.45) is 0 Å². The SMILES string of the molecule is CNc1cn2cc(C34COC(C)(C3)C4)nc2c(F)c1OC(C)C. The molecule has 2 saturated heterocycles. The number of fused-ring (bicyclic) bond motifs is 2. The Bertz CT molecular complexity index is 778. The lowest BCUT2D eigenvalue weighted by Gasteiger charge is -2.41. The van der Waals surface area contributed by atoms with Gasteiger partial charge >= 0.3 is 0 Å². The number of halogens is 1. The van der Waals surface area contributed by atoms with Crippen LogP contribution in [0.2, 0.25) is 0 Å². The maximum atomic E-state index is 14.9. The number of nitrogens with zero attached hydrogens (tertiary/aromatic N) is 2. The van der Waals surface area contributed by atoms with Crippen LogP contribution in [0.4, 0.5) is 10.1 Å². The molecular formula is C17H22FN3O2. The molecule has 0 atom stereocenters. The molecule has 5 rings (SSSR count). The molecule has 3 aliphatic rings. The first-order valence-corrected chi connectivity index (χ1v) is 8.06. The first kappa shape index (κ1) is 14.8. The van der Waals surface area contributed by atoms with Crippen LogP contribution in [0.25, 0.3) is 5.65 Å². The summed E-state index contributed by atoms with van der Waals surface area (Å²) in [6.07, 6.45) is 5.56. The second kappa shape index (κ2) is 4.60. The highest BCUT2D eigenvalue weighted by Crippen LogP contribution is 2.58. The van der Waals surface area contributed by atoms with E-state index in [1.165, 1.54) is 0 Å². The lowest BCUT2D eigenvalue weighted by Crippen LogP contribution is -2.45. The Balaban J connectivity index is 1.81. The summed E-state index contributed by atoms with van der Waals surface area (Å²) in [5.41, 5.74) is 1.77. The maximum absolute atomic E-state index is 14.9. The van der Waals surface area contributed by atoms with Crippen LogP contribution in [0.15, 0.2) is 12.4 Å². The van der Waals surface area contributed by atoms with E-state index in [1.54, 1.807) is 11.4 Å². The summed E-state index contributed by atoms with van der Waals surface area (Å²) in [5.74, 6) is -0.194. The molecule has 1 aliphatic carbocycles. The highest BCUT2D eigenvalue weighted by molar-refractivity contribution is 5.63. The van der Waals surface area contributed by atoms with Crippen molar-refractivity contribution in [1.82, 2.24) is 9.38 Å². The standard InChI is InChI=1S/C17H22FN3O2/c1-10(2)23-14-11(19-4)5-21-6-12(20-15(21)13(14)18)17-7-16(3,8-17)22-9-17/h5-6,10,19H,7-9H2,1-4H3. The lowest BCUT2D eigenvalue weighted by molar-refractivity contribution is 0.0154. The molecule has 23 heavy (non-hydrogen) atoms. The van der Waals surface area contributed by atoms with Crippen LogP contribution in [0.1, 0.15) is 39.3 Å². The summed E-state index contributed by atoms with van der Waals surface area (Å²) in [6, 6.07) is 0. The van der Waals surface area contributed by atoms with Gasteiger partial charge in [0.1, 0.15) is 0 Å². The molecule has 2 aromatic rings. The van der Waals surface area contributed by atoms with Crippen LogP contribution in [0.5, 0.6) is 5.75 Å². The van der Waals surface area contributed by atoms with E-state index in [1.807, 2.05) is 26.2 Å². The van der Waals surface area contributed by atoms with Crippen LogP contribution < -0.4 is 10.1 Å². The van der Waals surface area contributed by atoms with Gasteiger partial charge in [0, 0.05) is 24.9 Å². The van der Waals surface area contributed by atoms with Crippen LogP contribution >= 0.6 is 0 Å². The van der Waals surface area contributed by atoms with Crippen molar-refractivity contribution in [2.75, 3.05) is 19.0 Å². The molecule has 1 saturated carbocycles. The monoisotopic (exact) mass is 319 g/mol. The Labute approximate surface area is 134 Å². The molecular weight excluding hydrogens is 297 g/mol. The van der Waals surface area contributed by atoms with Crippen molar-refractivity contribution in [2.45, 2.75) is 50.7 Å². The Hall–Kier alpha value is -1.82. The van der Waals surface area contributed by atoms with Gasteiger partial charge in [-0.3, -0.25) is 0 Å². The van der Waals surface area contributed by atoms with Gasteiger partial charge in [-0.1, -0.05) is 0 Å². The fraction of sp³-hybridized carbons (Fsp3) is 0.588. The largest absolute Gasteiger partial charge is 0.486 e. The molecule has 0 radical (unpaired) electrons.